The lowest BCUT2D eigenvalue weighted by atomic mass is 9.96. The molecule has 1 aliphatic carbocycles. The van der Waals surface area contributed by atoms with Crippen LogP contribution in [0, 0.1) is 11.3 Å². The van der Waals surface area contributed by atoms with Gasteiger partial charge in [-0.05, 0) is 18.3 Å². The van der Waals surface area contributed by atoms with E-state index in [1.165, 1.54) is 0 Å². The number of nitrogens with one attached hydrogen (secondary N) is 1. The van der Waals surface area contributed by atoms with E-state index in [-0.39, 0.29) is 29.7 Å². The van der Waals surface area contributed by atoms with Crippen LogP contribution in [0.2, 0.25) is 0 Å². The van der Waals surface area contributed by atoms with Crippen LogP contribution in [0.3, 0.4) is 0 Å². The van der Waals surface area contributed by atoms with Crippen LogP contribution < -0.4 is 5.32 Å². The normalized spacial score (nSPS) is 15.8. The molecule has 1 saturated carbocycles. The highest BCUT2D eigenvalue weighted by Crippen LogP contribution is 2.28. The smallest absolute Gasteiger partial charge is 0.241 e. The van der Waals surface area contributed by atoms with Crippen LogP contribution >= 0.6 is 0 Å². The molecule has 0 unspecified atom stereocenters. The third-order valence-electron chi connectivity index (χ3n) is 2.50. The zero-order chi connectivity index (χ0) is 12.3. The molecular weight excluding hydrogens is 204 g/mol. The number of amides is 2. The number of nitrogens with zero attached hydrogens (tertiary/aromatic N) is 1. The van der Waals surface area contributed by atoms with Gasteiger partial charge in [0.15, 0.2) is 0 Å². The van der Waals surface area contributed by atoms with Crippen molar-refractivity contribution >= 4 is 11.8 Å². The Hall–Kier alpha value is -1.06. The zero-order valence-corrected chi connectivity index (χ0v) is 10.7. The Labute approximate surface area is 97.4 Å². The lowest BCUT2D eigenvalue weighted by molar-refractivity contribution is -0.133. The van der Waals surface area contributed by atoms with Gasteiger partial charge in [0.25, 0.3) is 0 Å². The molecule has 0 radical (unpaired) electrons. The maximum absolute atomic E-state index is 11.7. The molecule has 1 fully saturated rings. The molecule has 0 heterocycles. The van der Waals surface area contributed by atoms with Gasteiger partial charge in [0, 0.05) is 19.5 Å². The van der Waals surface area contributed by atoms with Crippen molar-refractivity contribution in [3.05, 3.63) is 0 Å². The van der Waals surface area contributed by atoms with Crippen LogP contribution in [0.25, 0.3) is 0 Å². The summed E-state index contributed by atoms with van der Waals surface area (Å²) in [5.74, 6) is 0.169. The third kappa shape index (κ3) is 4.64. The first kappa shape index (κ1) is 13.0. The van der Waals surface area contributed by atoms with Crippen molar-refractivity contribution in [1.29, 1.82) is 0 Å². The monoisotopic (exact) mass is 226 g/mol. The summed E-state index contributed by atoms with van der Waals surface area (Å²) in [6.07, 6.45) is 1.94. The lowest BCUT2D eigenvalue weighted by Gasteiger charge is -2.26. The highest BCUT2D eigenvalue weighted by atomic mass is 16.2. The Morgan fingerprint density at radius 1 is 1.31 bits per heavy atom. The second-order valence-corrected chi connectivity index (χ2v) is 5.80. The van der Waals surface area contributed by atoms with Crippen molar-refractivity contribution in [2.24, 2.45) is 11.3 Å². The summed E-state index contributed by atoms with van der Waals surface area (Å²) in [6, 6.07) is 0. The SMILES string of the molecule is CN(CC(C)(C)C)C(=O)CNC(=O)C1CC1. The molecular formula is C12H22N2O2. The van der Waals surface area contributed by atoms with Crippen LogP contribution in [0.5, 0.6) is 0 Å². The van der Waals surface area contributed by atoms with Crippen molar-refractivity contribution in [3.8, 4) is 0 Å². The number of carbonyl (C=O) groups excluding carboxylic acids is 2. The van der Waals surface area contributed by atoms with E-state index < -0.39 is 0 Å². The fraction of sp³-hybridized carbons (Fsp3) is 0.833. The van der Waals surface area contributed by atoms with Gasteiger partial charge < -0.3 is 10.2 Å². The summed E-state index contributed by atoms with van der Waals surface area (Å²) < 4.78 is 0. The van der Waals surface area contributed by atoms with Gasteiger partial charge in [-0.1, -0.05) is 20.8 Å². The summed E-state index contributed by atoms with van der Waals surface area (Å²) >= 11 is 0. The molecule has 4 heteroatoms. The number of hydrogen-bond donors (Lipinski definition) is 1. The van der Waals surface area contributed by atoms with Crippen molar-refractivity contribution in [2.45, 2.75) is 33.6 Å². The number of likely N-dealkylation sites (N-methyl/N-ethyl adjacent to an activating group) is 1. The maximum atomic E-state index is 11.7. The van der Waals surface area contributed by atoms with Gasteiger partial charge >= 0.3 is 0 Å². The summed E-state index contributed by atoms with van der Waals surface area (Å²) in [5, 5.41) is 2.68. The van der Waals surface area contributed by atoms with E-state index >= 15 is 0 Å². The number of hydrogen-bond acceptors (Lipinski definition) is 2. The predicted octanol–water partition coefficient (Wildman–Crippen LogP) is 1.02. The maximum Gasteiger partial charge on any atom is 0.241 e. The van der Waals surface area contributed by atoms with Crippen molar-refractivity contribution in [2.75, 3.05) is 20.1 Å². The molecule has 1 N–H and O–H groups in total. The minimum absolute atomic E-state index is 0.0241. The zero-order valence-electron chi connectivity index (χ0n) is 10.7. The molecule has 0 bridgehead atoms. The van der Waals surface area contributed by atoms with Crippen LogP contribution in [0.4, 0.5) is 0 Å². The van der Waals surface area contributed by atoms with Gasteiger partial charge in [0.1, 0.15) is 0 Å². The highest BCUT2D eigenvalue weighted by Gasteiger charge is 2.29. The standard InChI is InChI=1S/C12H22N2O2/c1-12(2,3)8-14(4)10(15)7-13-11(16)9-5-6-9/h9H,5-8H2,1-4H3,(H,13,16). The molecule has 1 aliphatic rings. The van der Waals surface area contributed by atoms with E-state index in [4.69, 9.17) is 0 Å². The average Bonchev–Trinajstić information content (AvgIpc) is 2.93. The second kappa shape index (κ2) is 4.85. The van der Waals surface area contributed by atoms with Gasteiger partial charge in [-0.3, -0.25) is 9.59 Å². The summed E-state index contributed by atoms with van der Waals surface area (Å²) in [6.45, 7) is 7.08. The summed E-state index contributed by atoms with van der Waals surface area (Å²) in [5.41, 5.74) is 0.0882. The first-order valence-electron chi connectivity index (χ1n) is 5.81. The Kier molecular flexibility index (Phi) is 3.94. The van der Waals surface area contributed by atoms with E-state index in [1.54, 1.807) is 11.9 Å². The molecule has 0 aliphatic heterocycles. The second-order valence-electron chi connectivity index (χ2n) is 5.80. The molecule has 0 aromatic rings. The third-order valence-corrected chi connectivity index (χ3v) is 2.50. The van der Waals surface area contributed by atoms with Crippen molar-refractivity contribution in [1.82, 2.24) is 10.2 Å². The highest BCUT2D eigenvalue weighted by molar-refractivity contribution is 5.86. The molecule has 92 valence electrons. The fourth-order valence-electron chi connectivity index (χ4n) is 1.59. The van der Waals surface area contributed by atoms with E-state index in [0.717, 1.165) is 12.8 Å². The largest absolute Gasteiger partial charge is 0.347 e. The van der Waals surface area contributed by atoms with Crippen LogP contribution in [0.15, 0.2) is 0 Å². The molecule has 16 heavy (non-hydrogen) atoms. The lowest BCUT2D eigenvalue weighted by Crippen LogP contribution is -2.41. The molecule has 0 aromatic carbocycles. The first-order chi connectivity index (χ1) is 7.29. The van der Waals surface area contributed by atoms with Gasteiger partial charge in [-0.25, -0.2) is 0 Å². The molecule has 0 atom stereocenters. The summed E-state index contributed by atoms with van der Waals surface area (Å²) in [4.78, 5) is 24.7. The minimum Gasteiger partial charge on any atom is -0.347 e. The average molecular weight is 226 g/mol. The summed E-state index contributed by atoms with van der Waals surface area (Å²) in [7, 11) is 1.77. The Bertz CT molecular complexity index is 277. The van der Waals surface area contributed by atoms with E-state index in [9.17, 15) is 9.59 Å². The number of carbonyl (C=O) groups is 2. The van der Waals surface area contributed by atoms with Gasteiger partial charge in [-0.2, -0.15) is 0 Å². The Morgan fingerprint density at radius 2 is 1.88 bits per heavy atom. The van der Waals surface area contributed by atoms with Crippen molar-refractivity contribution < 1.29 is 9.59 Å². The van der Waals surface area contributed by atoms with E-state index in [2.05, 4.69) is 26.1 Å². The minimum atomic E-state index is -0.0241. The van der Waals surface area contributed by atoms with Gasteiger partial charge in [0.05, 0.1) is 6.54 Å². The molecule has 2 amide bonds. The molecule has 0 saturated heterocycles. The van der Waals surface area contributed by atoms with Gasteiger partial charge in [-0.15, -0.1) is 0 Å². The van der Waals surface area contributed by atoms with Crippen molar-refractivity contribution in [3.63, 3.8) is 0 Å². The quantitative estimate of drug-likeness (QED) is 0.778. The molecule has 4 nitrogen and oxygen atoms in total. The van der Waals surface area contributed by atoms with E-state index in [1.807, 2.05) is 0 Å². The number of rotatable bonds is 4. The van der Waals surface area contributed by atoms with Crippen LogP contribution in [-0.2, 0) is 9.59 Å². The van der Waals surface area contributed by atoms with E-state index in [0.29, 0.717) is 6.54 Å². The Balaban J connectivity index is 2.25. The van der Waals surface area contributed by atoms with Crippen LogP contribution in [-0.4, -0.2) is 36.9 Å². The predicted molar refractivity (Wildman–Crippen MR) is 62.8 cm³/mol. The Morgan fingerprint density at radius 3 is 2.31 bits per heavy atom. The molecule has 1 rings (SSSR count). The molecule has 0 aromatic heterocycles. The molecule has 0 spiro atoms. The topological polar surface area (TPSA) is 49.4 Å². The van der Waals surface area contributed by atoms with Gasteiger partial charge in [0.2, 0.25) is 11.8 Å². The fourth-order valence-corrected chi connectivity index (χ4v) is 1.59. The first-order valence-corrected chi connectivity index (χ1v) is 5.81. The van der Waals surface area contributed by atoms with Crippen LogP contribution in [0.1, 0.15) is 33.6 Å².